The Morgan fingerprint density at radius 3 is 2.85 bits per heavy atom. The van der Waals surface area contributed by atoms with Crippen LogP contribution in [0.5, 0.6) is 0 Å². The quantitative estimate of drug-likeness (QED) is 0.928. The Bertz CT molecular complexity index is 688. The zero-order valence-corrected chi connectivity index (χ0v) is 12.2. The molecule has 0 saturated carbocycles. The van der Waals surface area contributed by atoms with Gasteiger partial charge in [0.1, 0.15) is 16.1 Å². The minimum atomic E-state index is -0.512. The van der Waals surface area contributed by atoms with E-state index >= 15 is 0 Å². The number of anilines is 1. The van der Waals surface area contributed by atoms with Gasteiger partial charge in [-0.15, -0.1) is 0 Å². The second-order valence-electron chi connectivity index (χ2n) is 4.08. The Kier molecular flexibility index (Phi) is 4.49. The summed E-state index contributed by atoms with van der Waals surface area (Å²) in [4.78, 5) is 11.8. The van der Waals surface area contributed by atoms with Crippen LogP contribution in [0.4, 0.5) is 14.5 Å². The highest BCUT2D eigenvalue weighted by atomic mass is 79.9. The van der Waals surface area contributed by atoms with Crippen LogP contribution < -0.4 is 10.9 Å². The van der Waals surface area contributed by atoms with Gasteiger partial charge in [0.15, 0.2) is 0 Å². The van der Waals surface area contributed by atoms with E-state index in [2.05, 4.69) is 26.3 Å². The van der Waals surface area contributed by atoms with E-state index in [0.717, 1.165) is 18.2 Å². The molecule has 0 amide bonds. The molecule has 1 heterocycles. The lowest BCUT2D eigenvalue weighted by Crippen LogP contribution is -2.23. The van der Waals surface area contributed by atoms with Crippen LogP contribution in [-0.4, -0.2) is 9.78 Å². The highest BCUT2D eigenvalue weighted by molar-refractivity contribution is 9.10. The van der Waals surface area contributed by atoms with Gasteiger partial charge in [-0.05, 0) is 41.1 Å². The second kappa shape index (κ2) is 6.13. The zero-order valence-electron chi connectivity index (χ0n) is 10.7. The van der Waals surface area contributed by atoms with Crippen LogP contribution in [0.25, 0.3) is 0 Å². The number of halogens is 3. The van der Waals surface area contributed by atoms with Crippen molar-refractivity contribution in [2.75, 3.05) is 5.32 Å². The molecule has 1 aromatic heterocycles. The SMILES string of the molecule is CCn1ncc(NCc2cc(F)ccc2F)c(Br)c1=O. The van der Waals surface area contributed by atoms with Gasteiger partial charge in [-0.25, -0.2) is 13.5 Å². The standard InChI is InChI=1S/C13H12BrF2N3O/c1-2-19-13(20)12(14)11(7-18-19)17-6-8-5-9(15)3-4-10(8)16/h3-5,7,17H,2,6H2,1H3. The summed E-state index contributed by atoms with van der Waals surface area (Å²) >= 11 is 3.17. The van der Waals surface area contributed by atoms with Gasteiger partial charge >= 0.3 is 0 Å². The van der Waals surface area contributed by atoms with Crippen molar-refractivity contribution in [3.05, 3.63) is 56.4 Å². The summed E-state index contributed by atoms with van der Waals surface area (Å²) < 4.78 is 28.1. The normalized spacial score (nSPS) is 10.6. The number of benzene rings is 1. The number of nitrogens with one attached hydrogen (secondary N) is 1. The maximum atomic E-state index is 13.5. The monoisotopic (exact) mass is 343 g/mol. The van der Waals surface area contributed by atoms with E-state index in [1.165, 1.54) is 10.9 Å². The van der Waals surface area contributed by atoms with Crippen LogP contribution >= 0.6 is 15.9 Å². The molecule has 20 heavy (non-hydrogen) atoms. The number of aryl methyl sites for hydroxylation is 1. The summed E-state index contributed by atoms with van der Waals surface area (Å²) in [7, 11) is 0. The van der Waals surface area contributed by atoms with E-state index in [-0.39, 0.29) is 17.7 Å². The fourth-order valence-corrected chi connectivity index (χ4v) is 2.13. The molecule has 7 heteroatoms. The third kappa shape index (κ3) is 3.04. The van der Waals surface area contributed by atoms with Crippen molar-refractivity contribution in [1.82, 2.24) is 9.78 Å². The fraction of sp³-hybridized carbons (Fsp3) is 0.231. The lowest BCUT2D eigenvalue weighted by molar-refractivity contribution is 0.587. The third-order valence-electron chi connectivity index (χ3n) is 2.76. The van der Waals surface area contributed by atoms with E-state index in [1.54, 1.807) is 6.92 Å². The molecular formula is C13H12BrF2N3O. The predicted molar refractivity (Wildman–Crippen MR) is 75.6 cm³/mol. The summed E-state index contributed by atoms with van der Waals surface area (Å²) in [6, 6.07) is 3.23. The summed E-state index contributed by atoms with van der Waals surface area (Å²) in [6.07, 6.45) is 1.46. The van der Waals surface area contributed by atoms with Crippen molar-refractivity contribution in [2.45, 2.75) is 20.0 Å². The topological polar surface area (TPSA) is 46.9 Å². The van der Waals surface area contributed by atoms with Gasteiger partial charge in [-0.3, -0.25) is 4.79 Å². The number of rotatable bonds is 4. The van der Waals surface area contributed by atoms with Crippen molar-refractivity contribution in [3.63, 3.8) is 0 Å². The summed E-state index contributed by atoms with van der Waals surface area (Å²) in [6.45, 7) is 2.31. The molecule has 0 aliphatic heterocycles. The van der Waals surface area contributed by atoms with Crippen molar-refractivity contribution in [2.24, 2.45) is 0 Å². The summed E-state index contributed by atoms with van der Waals surface area (Å²) in [5.41, 5.74) is 0.331. The molecule has 1 N–H and O–H groups in total. The highest BCUT2D eigenvalue weighted by Crippen LogP contribution is 2.18. The van der Waals surface area contributed by atoms with Crippen molar-refractivity contribution < 1.29 is 8.78 Å². The Hall–Kier alpha value is -1.76. The molecule has 0 spiro atoms. The molecule has 0 atom stereocenters. The van der Waals surface area contributed by atoms with Crippen molar-refractivity contribution in [3.8, 4) is 0 Å². The van der Waals surface area contributed by atoms with Crippen LogP contribution in [-0.2, 0) is 13.1 Å². The lowest BCUT2D eigenvalue weighted by atomic mass is 10.2. The molecule has 4 nitrogen and oxygen atoms in total. The molecule has 0 aliphatic carbocycles. The van der Waals surface area contributed by atoms with Crippen LogP contribution in [0.15, 0.2) is 33.7 Å². The van der Waals surface area contributed by atoms with Gasteiger partial charge in [0.05, 0.1) is 11.9 Å². The van der Waals surface area contributed by atoms with E-state index < -0.39 is 11.6 Å². The first kappa shape index (κ1) is 14.6. The van der Waals surface area contributed by atoms with Gasteiger partial charge in [0.2, 0.25) is 0 Å². The van der Waals surface area contributed by atoms with E-state index in [9.17, 15) is 13.6 Å². The van der Waals surface area contributed by atoms with Crippen molar-refractivity contribution in [1.29, 1.82) is 0 Å². The lowest BCUT2D eigenvalue weighted by Gasteiger charge is -2.10. The molecular weight excluding hydrogens is 332 g/mol. The van der Waals surface area contributed by atoms with Gasteiger partial charge in [-0.2, -0.15) is 5.10 Å². The largest absolute Gasteiger partial charge is 0.378 e. The van der Waals surface area contributed by atoms with Crippen LogP contribution in [0, 0.1) is 11.6 Å². The minimum absolute atomic E-state index is 0.0550. The first-order chi connectivity index (χ1) is 9.52. The molecule has 0 aliphatic rings. The first-order valence-corrected chi connectivity index (χ1v) is 6.75. The number of aromatic nitrogens is 2. The molecule has 0 radical (unpaired) electrons. The fourth-order valence-electron chi connectivity index (χ4n) is 1.68. The molecule has 1 aromatic carbocycles. The maximum absolute atomic E-state index is 13.5. The average molecular weight is 344 g/mol. The van der Waals surface area contributed by atoms with Crippen LogP contribution in [0.1, 0.15) is 12.5 Å². The maximum Gasteiger partial charge on any atom is 0.283 e. The van der Waals surface area contributed by atoms with Gasteiger partial charge in [0, 0.05) is 18.7 Å². The smallest absolute Gasteiger partial charge is 0.283 e. The Balaban J connectivity index is 2.21. The Labute approximate surface area is 122 Å². The molecule has 0 bridgehead atoms. The van der Waals surface area contributed by atoms with Crippen LogP contribution in [0.3, 0.4) is 0 Å². The van der Waals surface area contributed by atoms with Crippen molar-refractivity contribution >= 4 is 21.6 Å². The molecule has 2 aromatic rings. The van der Waals surface area contributed by atoms with Gasteiger partial charge in [0.25, 0.3) is 5.56 Å². The Morgan fingerprint density at radius 2 is 2.15 bits per heavy atom. The van der Waals surface area contributed by atoms with Crippen LogP contribution in [0.2, 0.25) is 0 Å². The number of nitrogens with zero attached hydrogens (tertiary/aromatic N) is 2. The second-order valence-corrected chi connectivity index (χ2v) is 4.88. The molecule has 2 rings (SSSR count). The zero-order chi connectivity index (χ0) is 14.7. The Morgan fingerprint density at radius 1 is 1.40 bits per heavy atom. The average Bonchev–Trinajstić information content (AvgIpc) is 2.44. The summed E-state index contributed by atoms with van der Waals surface area (Å²) in [5.74, 6) is -1.02. The highest BCUT2D eigenvalue weighted by Gasteiger charge is 2.09. The first-order valence-electron chi connectivity index (χ1n) is 5.96. The van der Waals surface area contributed by atoms with E-state index in [0.29, 0.717) is 16.7 Å². The van der Waals surface area contributed by atoms with Gasteiger partial charge < -0.3 is 5.32 Å². The predicted octanol–water partition coefficient (Wildman–Crippen LogP) is 2.92. The third-order valence-corrected chi connectivity index (χ3v) is 3.53. The molecule has 0 fully saturated rings. The minimum Gasteiger partial charge on any atom is -0.378 e. The van der Waals surface area contributed by atoms with E-state index in [1.807, 2.05) is 0 Å². The molecule has 0 unspecified atom stereocenters. The number of hydrogen-bond donors (Lipinski definition) is 1. The molecule has 106 valence electrons. The molecule has 0 saturated heterocycles. The number of hydrogen-bond acceptors (Lipinski definition) is 3. The van der Waals surface area contributed by atoms with E-state index in [4.69, 9.17) is 0 Å². The summed E-state index contributed by atoms with van der Waals surface area (Å²) in [5, 5.41) is 6.81. The van der Waals surface area contributed by atoms with Gasteiger partial charge in [-0.1, -0.05) is 0 Å².